The van der Waals surface area contributed by atoms with Gasteiger partial charge >= 0.3 is 5.97 Å². The predicted octanol–water partition coefficient (Wildman–Crippen LogP) is 0.575. The van der Waals surface area contributed by atoms with Gasteiger partial charge in [-0.1, -0.05) is 6.92 Å². The number of carboxylic acid groups (broad SMARTS) is 1. The quantitative estimate of drug-likeness (QED) is 0.571. The summed E-state index contributed by atoms with van der Waals surface area (Å²) in [5.74, 6) is -1.83. The van der Waals surface area contributed by atoms with Crippen LogP contribution in [0.3, 0.4) is 0 Å². The molecule has 0 unspecified atom stereocenters. The van der Waals surface area contributed by atoms with Crippen molar-refractivity contribution in [2.24, 2.45) is 11.8 Å². The van der Waals surface area contributed by atoms with E-state index >= 15 is 0 Å². The molecule has 1 amide bonds. The van der Waals surface area contributed by atoms with E-state index in [4.69, 9.17) is 5.11 Å². The van der Waals surface area contributed by atoms with Crippen molar-refractivity contribution in [1.29, 1.82) is 0 Å². The Bertz CT molecular complexity index is 404. The van der Waals surface area contributed by atoms with Gasteiger partial charge in [-0.15, -0.1) is 0 Å². The van der Waals surface area contributed by atoms with Crippen LogP contribution < -0.4 is 0 Å². The van der Waals surface area contributed by atoms with Crippen LogP contribution in [-0.4, -0.2) is 39.1 Å². The highest BCUT2D eigenvalue weighted by Gasteiger charge is 2.59. The first-order chi connectivity index (χ1) is 7.37. The Kier molecular flexibility index (Phi) is 2.73. The molecule has 0 aromatic rings. The number of hydrogen-bond donors (Lipinski definition) is 2. The van der Waals surface area contributed by atoms with Gasteiger partial charge in [-0.3, -0.25) is 4.79 Å². The maximum absolute atomic E-state index is 11.8. The lowest BCUT2D eigenvalue weighted by Crippen LogP contribution is -2.63. The minimum absolute atomic E-state index is 0.0102. The zero-order valence-corrected chi connectivity index (χ0v) is 11.0. The van der Waals surface area contributed by atoms with Crippen LogP contribution in [0.4, 0.5) is 0 Å². The molecule has 1 fully saturated rings. The third kappa shape index (κ3) is 1.32. The number of nitrogens with zero attached hydrogens (tertiary/aromatic N) is 1. The summed E-state index contributed by atoms with van der Waals surface area (Å²) in [6.07, 6.45) is -0.728. The molecule has 16 heavy (non-hydrogen) atoms. The van der Waals surface area contributed by atoms with Crippen molar-refractivity contribution >= 4 is 34.5 Å². The molecule has 0 aromatic carbocycles. The second-order valence-electron chi connectivity index (χ2n) is 4.26. The molecule has 0 radical (unpaired) electrons. The fraction of sp³-hybridized carbons (Fsp3) is 0.600. The number of aliphatic hydroxyl groups is 1. The highest BCUT2D eigenvalue weighted by atomic mass is 127. The van der Waals surface area contributed by atoms with Crippen LogP contribution in [0.1, 0.15) is 13.8 Å². The number of aliphatic carboxylic acids is 1. The smallest absolute Gasteiger partial charge is 0.353 e. The zero-order chi connectivity index (χ0) is 12.2. The number of aliphatic hydroxyl groups excluding tert-OH is 1. The van der Waals surface area contributed by atoms with Crippen molar-refractivity contribution in [2.45, 2.75) is 26.0 Å². The van der Waals surface area contributed by atoms with Gasteiger partial charge in [0.15, 0.2) is 0 Å². The van der Waals surface area contributed by atoms with Gasteiger partial charge in [0.25, 0.3) is 0 Å². The Labute approximate surface area is 106 Å². The molecule has 2 aliphatic rings. The van der Waals surface area contributed by atoms with E-state index in [0.717, 1.165) is 0 Å². The normalized spacial score (nSPS) is 34.9. The fourth-order valence-corrected chi connectivity index (χ4v) is 3.36. The topological polar surface area (TPSA) is 77.8 Å². The van der Waals surface area contributed by atoms with E-state index in [1.165, 1.54) is 4.90 Å². The summed E-state index contributed by atoms with van der Waals surface area (Å²) in [7, 11) is 0. The molecular weight excluding hydrogens is 325 g/mol. The van der Waals surface area contributed by atoms with Crippen molar-refractivity contribution < 1.29 is 19.8 Å². The molecular formula is C10H12INO4. The molecule has 0 aromatic heterocycles. The summed E-state index contributed by atoms with van der Waals surface area (Å²) in [5.41, 5.74) is 0.0833. The molecule has 2 rings (SSSR count). The molecule has 5 nitrogen and oxygen atoms in total. The summed E-state index contributed by atoms with van der Waals surface area (Å²) in [6.45, 7) is 3.45. The lowest BCUT2D eigenvalue weighted by atomic mass is 9.79. The Balaban J connectivity index is 2.36. The van der Waals surface area contributed by atoms with Gasteiger partial charge in [0.1, 0.15) is 5.70 Å². The summed E-state index contributed by atoms with van der Waals surface area (Å²) >= 11 is 1.97. The number of carboxylic acids is 1. The number of carbonyl (C=O) groups excluding carboxylic acids is 1. The van der Waals surface area contributed by atoms with E-state index < -0.39 is 18.0 Å². The van der Waals surface area contributed by atoms with Gasteiger partial charge in [-0.25, -0.2) is 4.79 Å². The Morgan fingerprint density at radius 1 is 1.56 bits per heavy atom. The number of halogens is 1. The van der Waals surface area contributed by atoms with Crippen LogP contribution in [0.15, 0.2) is 9.28 Å². The molecule has 1 saturated heterocycles. The number of rotatable bonds is 2. The average Bonchev–Trinajstić information content (AvgIpc) is 2.38. The van der Waals surface area contributed by atoms with Crippen LogP contribution in [0.5, 0.6) is 0 Å². The van der Waals surface area contributed by atoms with Crippen molar-refractivity contribution in [3.8, 4) is 0 Å². The van der Waals surface area contributed by atoms with Gasteiger partial charge in [-0.05, 0) is 29.5 Å². The minimum Gasteiger partial charge on any atom is -0.477 e. The van der Waals surface area contributed by atoms with E-state index in [1.807, 2.05) is 29.5 Å². The molecule has 2 aliphatic heterocycles. The maximum Gasteiger partial charge on any atom is 0.353 e. The number of β-lactam (4-membered cyclic amide) rings is 1. The van der Waals surface area contributed by atoms with E-state index in [1.54, 1.807) is 6.92 Å². The van der Waals surface area contributed by atoms with Gasteiger partial charge < -0.3 is 15.1 Å². The molecule has 4 atom stereocenters. The Hall–Kier alpha value is -0.630. The fourth-order valence-electron chi connectivity index (χ4n) is 2.50. The number of hydrogen-bond acceptors (Lipinski definition) is 3. The second kappa shape index (κ2) is 3.69. The minimum atomic E-state index is -1.07. The highest BCUT2D eigenvalue weighted by molar-refractivity contribution is 14.1. The zero-order valence-electron chi connectivity index (χ0n) is 8.85. The third-order valence-electron chi connectivity index (χ3n) is 3.29. The SMILES string of the molecule is C[C@@H](O)[C@H]1C(=O)N2C(C(=O)O)=C(I)[C@H](C)[C@H]12. The molecule has 2 N–H and O–H groups in total. The summed E-state index contributed by atoms with van der Waals surface area (Å²) in [4.78, 5) is 24.1. The van der Waals surface area contributed by atoms with Gasteiger partial charge in [-0.2, -0.15) is 0 Å². The van der Waals surface area contributed by atoms with Crippen LogP contribution in [0, 0.1) is 11.8 Å². The standard InChI is InChI=1S/C10H12INO4/c1-3-6(11)8(10(15)16)12-7(3)5(4(2)13)9(12)14/h3-5,7,13H,1-2H3,(H,15,16)/t3-,4+,5+,7+/m0/s1. The van der Waals surface area contributed by atoms with Crippen molar-refractivity contribution in [3.63, 3.8) is 0 Å². The van der Waals surface area contributed by atoms with Gasteiger partial charge in [0, 0.05) is 9.50 Å². The van der Waals surface area contributed by atoms with E-state index in [2.05, 4.69) is 0 Å². The molecule has 6 heteroatoms. The van der Waals surface area contributed by atoms with E-state index in [-0.39, 0.29) is 23.6 Å². The van der Waals surface area contributed by atoms with Crippen molar-refractivity contribution in [3.05, 3.63) is 9.28 Å². The third-order valence-corrected chi connectivity index (χ3v) is 4.78. The maximum atomic E-state index is 11.8. The summed E-state index contributed by atoms with van der Waals surface area (Å²) in [6, 6.07) is -0.189. The number of carbonyl (C=O) groups is 2. The molecule has 0 spiro atoms. The first-order valence-corrected chi connectivity index (χ1v) is 6.10. The predicted molar refractivity (Wildman–Crippen MR) is 63.7 cm³/mol. The first kappa shape index (κ1) is 11.8. The summed E-state index contributed by atoms with van der Waals surface area (Å²) in [5, 5.41) is 18.5. The van der Waals surface area contributed by atoms with Crippen LogP contribution >= 0.6 is 22.6 Å². The first-order valence-electron chi connectivity index (χ1n) is 5.02. The molecule has 0 bridgehead atoms. The van der Waals surface area contributed by atoms with Crippen LogP contribution in [0.25, 0.3) is 0 Å². The van der Waals surface area contributed by atoms with Crippen LogP contribution in [0.2, 0.25) is 0 Å². The van der Waals surface area contributed by atoms with Crippen LogP contribution in [-0.2, 0) is 9.59 Å². The number of fused-ring (bicyclic) bond motifs is 1. The van der Waals surface area contributed by atoms with E-state index in [9.17, 15) is 14.7 Å². The lowest BCUT2D eigenvalue weighted by molar-refractivity contribution is -0.163. The number of amides is 1. The van der Waals surface area contributed by atoms with Gasteiger partial charge in [0.2, 0.25) is 5.91 Å². The monoisotopic (exact) mass is 337 g/mol. The largest absolute Gasteiger partial charge is 0.477 e. The molecule has 0 aliphatic carbocycles. The lowest BCUT2D eigenvalue weighted by Gasteiger charge is -2.46. The Morgan fingerprint density at radius 3 is 2.56 bits per heavy atom. The van der Waals surface area contributed by atoms with E-state index in [0.29, 0.717) is 3.58 Å². The highest BCUT2D eigenvalue weighted by Crippen LogP contribution is 2.48. The molecule has 2 heterocycles. The van der Waals surface area contributed by atoms with Crippen molar-refractivity contribution in [2.75, 3.05) is 0 Å². The second-order valence-corrected chi connectivity index (χ2v) is 5.42. The van der Waals surface area contributed by atoms with Crippen molar-refractivity contribution in [1.82, 2.24) is 4.90 Å². The molecule has 88 valence electrons. The van der Waals surface area contributed by atoms with Gasteiger partial charge in [0.05, 0.1) is 18.1 Å². The molecule has 0 saturated carbocycles. The summed E-state index contributed by atoms with van der Waals surface area (Å²) < 4.78 is 0.687. The Morgan fingerprint density at radius 2 is 2.12 bits per heavy atom. The average molecular weight is 337 g/mol.